The van der Waals surface area contributed by atoms with E-state index in [1.54, 1.807) is 19.2 Å². The minimum Gasteiger partial charge on any atom is -0.365 e. The third kappa shape index (κ3) is 3.70. The van der Waals surface area contributed by atoms with Crippen molar-refractivity contribution in [2.75, 3.05) is 5.32 Å². The number of thiophene rings is 1. The van der Waals surface area contributed by atoms with Gasteiger partial charge in [-0.15, -0.1) is 11.3 Å². The third-order valence-electron chi connectivity index (χ3n) is 5.11. The fraction of sp³-hybridized carbons (Fsp3) is 0.217. The molecule has 2 amide bonds. The first kappa shape index (κ1) is 20.7. The molecule has 4 aromatic rings. The highest BCUT2D eigenvalue weighted by Crippen LogP contribution is 2.39. The van der Waals surface area contributed by atoms with Crippen LogP contribution in [0.3, 0.4) is 0 Å². The Balaban J connectivity index is 1.74. The highest BCUT2D eigenvalue weighted by molar-refractivity contribution is 7.17. The van der Waals surface area contributed by atoms with Crippen LogP contribution < -0.4 is 11.1 Å². The highest BCUT2D eigenvalue weighted by Gasteiger charge is 2.24. The number of hydrogen-bond donors (Lipinski definition) is 2. The summed E-state index contributed by atoms with van der Waals surface area (Å²) in [6.07, 6.45) is 1.70. The molecule has 0 saturated carbocycles. The fourth-order valence-corrected chi connectivity index (χ4v) is 4.74. The number of benzene rings is 1. The van der Waals surface area contributed by atoms with Crippen LogP contribution in [-0.4, -0.2) is 26.6 Å². The van der Waals surface area contributed by atoms with Crippen molar-refractivity contribution in [2.45, 2.75) is 33.7 Å². The number of hydrogen-bond acceptors (Lipinski definition) is 5. The standard InChI is InChI=1S/C23H23N5O2S/c1-12(2)28-21-16(11-25-28)10-17(13(3)26-21)22(30)27-23-19(20(24)29)18(14(4)31-23)15-8-6-5-7-9-15/h5-12H,1-4H3,(H2,24,29)(H,27,30). The summed E-state index contributed by atoms with van der Waals surface area (Å²) in [5.74, 6) is -0.922. The maximum Gasteiger partial charge on any atom is 0.258 e. The number of aryl methyl sites for hydroxylation is 2. The summed E-state index contributed by atoms with van der Waals surface area (Å²) in [5, 5.41) is 8.48. The number of nitrogens with zero attached hydrogens (tertiary/aromatic N) is 3. The van der Waals surface area contributed by atoms with E-state index < -0.39 is 5.91 Å². The van der Waals surface area contributed by atoms with E-state index in [2.05, 4.69) is 15.4 Å². The molecule has 0 fully saturated rings. The number of nitrogens with two attached hydrogens (primary N) is 1. The van der Waals surface area contributed by atoms with Crippen molar-refractivity contribution in [3.63, 3.8) is 0 Å². The lowest BCUT2D eigenvalue weighted by Crippen LogP contribution is -2.18. The van der Waals surface area contributed by atoms with Crippen molar-refractivity contribution >= 4 is 39.2 Å². The average molecular weight is 434 g/mol. The minimum atomic E-state index is -0.581. The Morgan fingerprint density at radius 2 is 1.87 bits per heavy atom. The van der Waals surface area contributed by atoms with Crippen molar-refractivity contribution in [3.8, 4) is 11.1 Å². The Labute approximate surface area is 183 Å². The lowest BCUT2D eigenvalue weighted by molar-refractivity contribution is 0.100. The summed E-state index contributed by atoms with van der Waals surface area (Å²) in [6, 6.07) is 11.5. The second-order valence-corrected chi connectivity index (χ2v) is 8.86. The summed E-state index contributed by atoms with van der Waals surface area (Å²) in [5.41, 5.74) is 9.41. The predicted octanol–water partition coefficient (Wildman–Crippen LogP) is 4.71. The van der Waals surface area contributed by atoms with E-state index in [9.17, 15) is 9.59 Å². The Morgan fingerprint density at radius 1 is 1.16 bits per heavy atom. The molecule has 1 aromatic carbocycles. The van der Waals surface area contributed by atoms with E-state index in [-0.39, 0.29) is 11.9 Å². The van der Waals surface area contributed by atoms with Crippen LogP contribution >= 0.6 is 11.3 Å². The van der Waals surface area contributed by atoms with E-state index in [1.165, 1.54) is 11.3 Å². The molecular weight excluding hydrogens is 410 g/mol. The second-order valence-electron chi connectivity index (χ2n) is 7.64. The molecule has 0 aliphatic heterocycles. The van der Waals surface area contributed by atoms with Gasteiger partial charge in [0.2, 0.25) is 0 Å². The number of nitrogens with one attached hydrogen (secondary N) is 1. The van der Waals surface area contributed by atoms with E-state index in [4.69, 9.17) is 5.73 Å². The van der Waals surface area contributed by atoms with Gasteiger partial charge in [-0.05, 0) is 39.3 Å². The molecule has 0 aliphatic rings. The molecule has 0 bridgehead atoms. The van der Waals surface area contributed by atoms with Gasteiger partial charge in [-0.25, -0.2) is 9.67 Å². The van der Waals surface area contributed by atoms with Crippen LogP contribution in [0.5, 0.6) is 0 Å². The Morgan fingerprint density at radius 3 is 2.52 bits per heavy atom. The minimum absolute atomic E-state index is 0.160. The summed E-state index contributed by atoms with van der Waals surface area (Å²) >= 11 is 1.34. The van der Waals surface area contributed by atoms with E-state index >= 15 is 0 Å². The second kappa shape index (κ2) is 7.96. The molecule has 0 aliphatic carbocycles. The van der Waals surface area contributed by atoms with Crippen molar-refractivity contribution in [1.29, 1.82) is 0 Å². The quantitative estimate of drug-likeness (QED) is 0.476. The van der Waals surface area contributed by atoms with Crippen LogP contribution in [0.4, 0.5) is 5.00 Å². The number of aromatic nitrogens is 3. The van der Waals surface area contributed by atoms with E-state index in [0.717, 1.165) is 27.0 Å². The first-order valence-corrected chi connectivity index (χ1v) is 10.7. The van der Waals surface area contributed by atoms with Crippen LogP contribution in [0.25, 0.3) is 22.2 Å². The Bertz CT molecular complexity index is 1300. The zero-order chi connectivity index (χ0) is 22.3. The van der Waals surface area contributed by atoms with Gasteiger partial charge >= 0.3 is 0 Å². The first-order valence-electron chi connectivity index (χ1n) is 9.92. The molecule has 3 N–H and O–H groups in total. The fourth-order valence-electron chi connectivity index (χ4n) is 3.66. The summed E-state index contributed by atoms with van der Waals surface area (Å²) < 4.78 is 1.82. The summed E-state index contributed by atoms with van der Waals surface area (Å²) in [4.78, 5) is 30.9. The molecule has 3 aromatic heterocycles. The number of primary amides is 1. The molecule has 0 unspecified atom stereocenters. The van der Waals surface area contributed by atoms with Crippen LogP contribution in [-0.2, 0) is 0 Å². The van der Waals surface area contributed by atoms with Crippen LogP contribution in [0.15, 0.2) is 42.6 Å². The average Bonchev–Trinajstić information content (AvgIpc) is 3.28. The van der Waals surface area contributed by atoms with Crippen molar-refractivity contribution < 1.29 is 9.59 Å². The highest BCUT2D eigenvalue weighted by atomic mass is 32.1. The van der Waals surface area contributed by atoms with Gasteiger partial charge in [0.05, 0.1) is 23.0 Å². The molecule has 8 heteroatoms. The normalized spacial score (nSPS) is 11.3. The third-order valence-corrected chi connectivity index (χ3v) is 6.13. The summed E-state index contributed by atoms with van der Waals surface area (Å²) in [6.45, 7) is 7.75. The molecule has 0 spiro atoms. The van der Waals surface area contributed by atoms with Gasteiger partial charge in [-0.3, -0.25) is 9.59 Å². The number of fused-ring (bicyclic) bond motifs is 1. The Hall–Kier alpha value is -3.52. The number of amides is 2. The molecule has 0 saturated heterocycles. The maximum absolute atomic E-state index is 13.1. The van der Waals surface area contributed by atoms with Gasteiger partial charge < -0.3 is 11.1 Å². The zero-order valence-corrected chi connectivity index (χ0v) is 18.6. The number of rotatable bonds is 5. The van der Waals surface area contributed by atoms with E-state index in [0.29, 0.717) is 21.8 Å². The summed E-state index contributed by atoms with van der Waals surface area (Å²) in [7, 11) is 0. The topological polar surface area (TPSA) is 103 Å². The van der Waals surface area contributed by atoms with Gasteiger partial charge in [0.1, 0.15) is 5.00 Å². The number of anilines is 1. The molecule has 3 heterocycles. The lowest BCUT2D eigenvalue weighted by Gasteiger charge is -2.10. The zero-order valence-electron chi connectivity index (χ0n) is 17.8. The first-order chi connectivity index (χ1) is 14.8. The molecule has 7 nitrogen and oxygen atoms in total. The Kier molecular flexibility index (Phi) is 5.32. The molecule has 0 radical (unpaired) electrons. The van der Waals surface area contributed by atoms with Gasteiger partial charge in [0, 0.05) is 21.9 Å². The van der Waals surface area contributed by atoms with E-state index in [1.807, 2.05) is 55.8 Å². The van der Waals surface area contributed by atoms with Crippen LogP contribution in [0.1, 0.15) is 51.2 Å². The van der Waals surface area contributed by atoms with Gasteiger partial charge in [0.25, 0.3) is 11.8 Å². The number of carbonyl (C=O) groups excluding carboxylic acids is 2. The van der Waals surface area contributed by atoms with Gasteiger partial charge in [-0.2, -0.15) is 5.10 Å². The molecule has 31 heavy (non-hydrogen) atoms. The van der Waals surface area contributed by atoms with Gasteiger partial charge in [-0.1, -0.05) is 30.3 Å². The monoisotopic (exact) mass is 433 g/mol. The number of pyridine rings is 1. The largest absolute Gasteiger partial charge is 0.365 e. The predicted molar refractivity (Wildman–Crippen MR) is 124 cm³/mol. The SMILES string of the molecule is Cc1nc2c(cnn2C(C)C)cc1C(=O)Nc1sc(C)c(-c2ccccc2)c1C(N)=O. The maximum atomic E-state index is 13.1. The molecule has 4 rings (SSSR count). The van der Waals surface area contributed by atoms with Crippen LogP contribution in [0, 0.1) is 13.8 Å². The molecular formula is C23H23N5O2S. The number of carbonyl (C=O) groups is 2. The molecule has 158 valence electrons. The lowest BCUT2D eigenvalue weighted by atomic mass is 10.0. The molecule has 0 atom stereocenters. The van der Waals surface area contributed by atoms with Crippen molar-refractivity contribution in [2.24, 2.45) is 5.73 Å². The van der Waals surface area contributed by atoms with Crippen molar-refractivity contribution in [3.05, 3.63) is 64.3 Å². The van der Waals surface area contributed by atoms with Gasteiger partial charge in [0.15, 0.2) is 5.65 Å². The van der Waals surface area contributed by atoms with Crippen molar-refractivity contribution in [1.82, 2.24) is 14.8 Å². The smallest absolute Gasteiger partial charge is 0.258 e. The van der Waals surface area contributed by atoms with Crippen LogP contribution in [0.2, 0.25) is 0 Å².